The van der Waals surface area contributed by atoms with Crippen LogP contribution in [0.2, 0.25) is 0 Å². The van der Waals surface area contributed by atoms with E-state index in [0.29, 0.717) is 0 Å². The summed E-state index contributed by atoms with van der Waals surface area (Å²) >= 11 is 8.34. The van der Waals surface area contributed by atoms with Gasteiger partial charge in [0.2, 0.25) is 0 Å². The molecule has 0 aliphatic rings. The first-order chi connectivity index (χ1) is 6.63. The topological polar surface area (TPSA) is 27.3 Å². The highest BCUT2D eigenvalue weighted by atomic mass is 127. The molecule has 0 aliphatic heterocycles. The van der Waals surface area contributed by atoms with E-state index in [1.54, 1.807) is 0 Å². The maximum absolute atomic E-state index is 6.06. The van der Waals surface area contributed by atoms with Gasteiger partial charge in [0.15, 0.2) is 0 Å². The lowest BCUT2D eigenvalue weighted by Gasteiger charge is -2.22. The standard InChI is InChI=1S/C9H19ClIN3/c1-4-5-13-7-14(11)8(2)9(10)6-12-3/h6,8,12-13H,4-5,7H2,1-3H3/b9-6+. The molecule has 1 unspecified atom stereocenters. The third-order valence-corrected chi connectivity index (χ3v) is 3.39. The van der Waals surface area contributed by atoms with Crippen LogP contribution < -0.4 is 10.6 Å². The lowest BCUT2D eigenvalue weighted by molar-refractivity contribution is 0.415. The van der Waals surface area contributed by atoms with Crippen LogP contribution in [-0.2, 0) is 0 Å². The Labute approximate surface area is 106 Å². The van der Waals surface area contributed by atoms with E-state index in [2.05, 4.69) is 50.5 Å². The molecular formula is C9H19ClIN3. The predicted molar refractivity (Wildman–Crippen MR) is 71.5 cm³/mol. The Hall–Kier alpha value is 0.480. The zero-order valence-corrected chi connectivity index (χ0v) is 11.9. The Morgan fingerprint density at radius 3 is 2.79 bits per heavy atom. The van der Waals surface area contributed by atoms with E-state index in [0.717, 1.165) is 24.7 Å². The Morgan fingerprint density at radius 2 is 2.29 bits per heavy atom. The monoisotopic (exact) mass is 331 g/mol. The zero-order chi connectivity index (χ0) is 11.0. The van der Waals surface area contributed by atoms with Crippen LogP contribution in [0.15, 0.2) is 11.2 Å². The van der Waals surface area contributed by atoms with Crippen LogP contribution >= 0.6 is 34.5 Å². The highest BCUT2D eigenvalue weighted by molar-refractivity contribution is 14.1. The molecule has 0 aromatic rings. The van der Waals surface area contributed by atoms with Crippen LogP contribution in [0.1, 0.15) is 20.3 Å². The first kappa shape index (κ1) is 14.5. The van der Waals surface area contributed by atoms with Crippen molar-refractivity contribution in [2.75, 3.05) is 20.3 Å². The zero-order valence-electron chi connectivity index (χ0n) is 8.98. The molecule has 5 heteroatoms. The Bertz CT molecular complexity index is 175. The third kappa shape index (κ3) is 6.06. The van der Waals surface area contributed by atoms with Crippen molar-refractivity contribution in [3.05, 3.63) is 11.2 Å². The fraction of sp³-hybridized carbons (Fsp3) is 0.778. The van der Waals surface area contributed by atoms with Crippen LogP contribution in [0.25, 0.3) is 0 Å². The van der Waals surface area contributed by atoms with Crippen LogP contribution in [-0.4, -0.2) is 29.4 Å². The quantitative estimate of drug-likeness (QED) is 0.324. The SMILES string of the molecule is CCCNCN(I)C(C)/C(Cl)=C\NC. The number of hydrogen-bond donors (Lipinski definition) is 2. The second kappa shape index (κ2) is 8.76. The summed E-state index contributed by atoms with van der Waals surface area (Å²) in [6.45, 7) is 6.13. The highest BCUT2D eigenvalue weighted by Gasteiger charge is 2.12. The van der Waals surface area contributed by atoms with Gasteiger partial charge in [-0.1, -0.05) is 18.5 Å². The summed E-state index contributed by atoms with van der Waals surface area (Å²) in [6.07, 6.45) is 2.97. The summed E-state index contributed by atoms with van der Waals surface area (Å²) in [5.74, 6) is 0. The molecule has 0 spiro atoms. The minimum absolute atomic E-state index is 0.231. The lowest BCUT2D eigenvalue weighted by Crippen LogP contribution is -2.34. The second-order valence-corrected chi connectivity index (χ2v) is 4.73. The molecule has 0 fully saturated rings. The Kier molecular flexibility index (Phi) is 9.06. The summed E-state index contributed by atoms with van der Waals surface area (Å²) in [7, 11) is 1.85. The van der Waals surface area contributed by atoms with Gasteiger partial charge in [-0.3, -0.25) is 0 Å². The van der Waals surface area contributed by atoms with E-state index in [1.807, 2.05) is 13.2 Å². The van der Waals surface area contributed by atoms with Gasteiger partial charge >= 0.3 is 0 Å². The molecular weight excluding hydrogens is 312 g/mol. The molecule has 3 nitrogen and oxygen atoms in total. The van der Waals surface area contributed by atoms with Crippen LogP contribution in [0, 0.1) is 0 Å². The van der Waals surface area contributed by atoms with E-state index in [1.165, 1.54) is 0 Å². The van der Waals surface area contributed by atoms with Crippen LogP contribution in [0.5, 0.6) is 0 Å². The average Bonchev–Trinajstić information content (AvgIpc) is 2.17. The van der Waals surface area contributed by atoms with Gasteiger partial charge in [0.25, 0.3) is 0 Å². The van der Waals surface area contributed by atoms with Crippen molar-refractivity contribution in [1.82, 2.24) is 13.7 Å². The van der Waals surface area contributed by atoms with Crippen molar-refractivity contribution in [1.29, 1.82) is 0 Å². The van der Waals surface area contributed by atoms with E-state index < -0.39 is 0 Å². The van der Waals surface area contributed by atoms with E-state index in [9.17, 15) is 0 Å². The smallest absolute Gasteiger partial charge is 0.0581 e. The van der Waals surface area contributed by atoms with E-state index in [4.69, 9.17) is 11.6 Å². The first-order valence-corrected chi connectivity index (χ1v) is 6.13. The van der Waals surface area contributed by atoms with Gasteiger partial charge in [0.05, 0.1) is 17.7 Å². The molecule has 0 radical (unpaired) electrons. The Balaban J connectivity index is 3.85. The average molecular weight is 332 g/mol. The van der Waals surface area contributed by atoms with Crippen molar-refractivity contribution in [3.8, 4) is 0 Å². The summed E-state index contributed by atoms with van der Waals surface area (Å²) in [5.41, 5.74) is 0. The summed E-state index contributed by atoms with van der Waals surface area (Å²) in [5, 5.41) is 7.07. The van der Waals surface area contributed by atoms with Crippen molar-refractivity contribution in [2.24, 2.45) is 0 Å². The second-order valence-electron chi connectivity index (χ2n) is 3.05. The fourth-order valence-electron chi connectivity index (χ4n) is 0.892. The van der Waals surface area contributed by atoms with E-state index in [-0.39, 0.29) is 6.04 Å². The molecule has 0 aliphatic carbocycles. The molecule has 0 aromatic carbocycles. The maximum Gasteiger partial charge on any atom is 0.0581 e. The van der Waals surface area contributed by atoms with Crippen molar-refractivity contribution in [2.45, 2.75) is 26.3 Å². The van der Waals surface area contributed by atoms with Gasteiger partial charge in [-0.05, 0) is 19.9 Å². The lowest BCUT2D eigenvalue weighted by atomic mass is 10.3. The number of halogens is 2. The number of nitrogens with one attached hydrogen (secondary N) is 2. The van der Waals surface area contributed by atoms with Crippen LogP contribution in [0.4, 0.5) is 0 Å². The highest BCUT2D eigenvalue weighted by Crippen LogP contribution is 2.16. The Morgan fingerprint density at radius 1 is 1.64 bits per heavy atom. The molecule has 84 valence electrons. The number of hydrogen-bond acceptors (Lipinski definition) is 3. The predicted octanol–water partition coefficient (Wildman–Crippen LogP) is 2.28. The third-order valence-electron chi connectivity index (χ3n) is 1.79. The molecule has 0 heterocycles. The summed E-state index contributed by atoms with van der Waals surface area (Å²) in [4.78, 5) is 0. The largest absolute Gasteiger partial charge is 0.393 e. The molecule has 0 amide bonds. The first-order valence-electron chi connectivity index (χ1n) is 4.79. The minimum Gasteiger partial charge on any atom is -0.393 e. The summed E-state index contributed by atoms with van der Waals surface area (Å²) in [6, 6.07) is 0.231. The fourth-order valence-corrected chi connectivity index (χ4v) is 1.82. The molecule has 0 rings (SSSR count). The van der Waals surface area contributed by atoms with Crippen molar-refractivity contribution >= 4 is 34.5 Å². The molecule has 0 saturated carbocycles. The normalized spacial score (nSPS) is 14.6. The van der Waals surface area contributed by atoms with Crippen molar-refractivity contribution < 1.29 is 0 Å². The van der Waals surface area contributed by atoms with Crippen molar-refractivity contribution in [3.63, 3.8) is 0 Å². The molecule has 2 N–H and O–H groups in total. The molecule has 1 atom stereocenters. The van der Waals surface area contributed by atoms with Gasteiger partial charge in [0, 0.05) is 36.1 Å². The molecule has 0 saturated heterocycles. The van der Waals surface area contributed by atoms with Gasteiger partial charge < -0.3 is 10.6 Å². The van der Waals surface area contributed by atoms with Gasteiger partial charge in [-0.25, -0.2) is 3.11 Å². The maximum atomic E-state index is 6.06. The van der Waals surface area contributed by atoms with E-state index >= 15 is 0 Å². The van der Waals surface area contributed by atoms with Gasteiger partial charge in [-0.15, -0.1) is 0 Å². The van der Waals surface area contributed by atoms with Crippen LogP contribution in [0.3, 0.4) is 0 Å². The molecule has 0 bridgehead atoms. The number of rotatable bonds is 7. The number of nitrogens with zero attached hydrogens (tertiary/aromatic N) is 1. The summed E-state index contributed by atoms with van der Waals surface area (Å²) < 4.78 is 2.14. The molecule has 0 aromatic heterocycles. The van der Waals surface area contributed by atoms with Gasteiger partial charge in [0.1, 0.15) is 0 Å². The van der Waals surface area contributed by atoms with Gasteiger partial charge in [-0.2, -0.15) is 0 Å². The molecule has 14 heavy (non-hydrogen) atoms. The minimum atomic E-state index is 0.231.